The van der Waals surface area contributed by atoms with E-state index in [0.717, 1.165) is 46.3 Å². The molecule has 126 valence electrons. The first-order valence-electron chi connectivity index (χ1n) is 8.77. The second-order valence-corrected chi connectivity index (χ2v) is 8.71. The van der Waals surface area contributed by atoms with E-state index in [1.54, 1.807) is 0 Å². The van der Waals surface area contributed by atoms with Crippen molar-refractivity contribution in [1.82, 2.24) is 9.55 Å². The number of allylic oxidation sites excluding steroid dienone is 1. The van der Waals surface area contributed by atoms with Crippen molar-refractivity contribution in [2.75, 3.05) is 0 Å². The van der Waals surface area contributed by atoms with Gasteiger partial charge in [0.1, 0.15) is 16.1 Å². The van der Waals surface area contributed by atoms with Crippen LogP contribution in [0.15, 0.2) is 28.7 Å². The second kappa shape index (κ2) is 5.92. The number of aryl methyl sites for hydroxylation is 2. The Morgan fingerprint density at radius 2 is 2.00 bits per heavy atom. The fourth-order valence-corrected chi connectivity index (χ4v) is 5.66. The number of rotatable bonds is 1. The van der Waals surface area contributed by atoms with Crippen molar-refractivity contribution < 1.29 is 0 Å². The topological polar surface area (TPSA) is 41.7 Å². The number of halogens is 1. The lowest BCUT2D eigenvalue weighted by Gasteiger charge is -2.11. The Morgan fingerprint density at radius 1 is 1.16 bits per heavy atom. The number of nitrogens with zero attached hydrogens (tertiary/aromatic N) is 2. The standard InChI is InChI=1S/C20H18BrN3S/c21-15-7-3-1-5-12(15)11-13-9-10-24-18(22)17-14-6-2-4-8-16(14)25-20(17)23-19(13)24/h1,3,5,7,11,22H,2,4,6,8-10H2/b13-11+,22-18?. The van der Waals surface area contributed by atoms with Gasteiger partial charge in [-0.15, -0.1) is 11.3 Å². The van der Waals surface area contributed by atoms with E-state index in [-0.39, 0.29) is 0 Å². The van der Waals surface area contributed by atoms with E-state index in [2.05, 4.69) is 44.8 Å². The van der Waals surface area contributed by atoms with Crippen LogP contribution < -0.4 is 5.49 Å². The molecule has 2 aromatic heterocycles. The van der Waals surface area contributed by atoms with Gasteiger partial charge in [-0.1, -0.05) is 34.1 Å². The van der Waals surface area contributed by atoms with Crippen LogP contribution >= 0.6 is 27.3 Å². The summed E-state index contributed by atoms with van der Waals surface area (Å²) in [6.45, 7) is 0.859. The molecule has 1 aromatic carbocycles. The van der Waals surface area contributed by atoms with Crippen molar-refractivity contribution in [3.05, 3.63) is 56.1 Å². The average Bonchev–Trinajstić information content (AvgIpc) is 3.19. The maximum atomic E-state index is 8.78. The van der Waals surface area contributed by atoms with Gasteiger partial charge in [-0.05, 0) is 60.9 Å². The molecule has 0 amide bonds. The van der Waals surface area contributed by atoms with Crippen molar-refractivity contribution in [3.8, 4) is 0 Å². The molecule has 0 bridgehead atoms. The summed E-state index contributed by atoms with van der Waals surface area (Å²) in [5.41, 5.74) is 4.47. The Kier molecular flexibility index (Phi) is 3.68. The van der Waals surface area contributed by atoms with Crippen LogP contribution in [-0.2, 0) is 19.4 Å². The molecule has 3 aromatic rings. The zero-order chi connectivity index (χ0) is 17.0. The van der Waals surface area contributed by atoms with Gasteiger partial charge in [-0.2, -0.15) is 0 Å². The Hall–Kier alpha value is -1.72. The fourth-order valence-electron chi connectivity index (χ4n) is 4.00. The van der Waals surface area contributed by atoms with Crippen molar-refractivity contribution in [1.29, 1.82) is 5.41 Å². The van der Waals surface area contributed by atoms with Gasteiger partial charge in [0, 0.05) is 15.9 Å². The van der Waals surface area contributed by atoms with Crippen LogP contribution in [0.5, 0.6) is 0 Å². The van der Waals surface area contributed by atoms with E-state index in [0.29, 0.717) is 5.49 Å². The second-order valence-electron chi connectivity index (χ2n) is 6.77. The number of nitrogens with one attached hydrogen (secondary N) is 1. The smallest absolute Gasteiger partial charge is 0.139 e. The molecule has 1 aliphatic heterocycles. The number of fused-ring (bicyclic) bond motifs is 4. The van der Waals surface area contributed by atoms with Crippen molar-refractivity contribution in [3.63, 3.8) is 0 Å². The van der Waals surface area contributed by atoms with Gasteiger partial charge in [-0.3, -0.25) is 5.41 Å². The molecule has 5 heteroatoms. The molecule has 0 saturated heterocycles. The highest BCUT2D eigenvalue weighted by molar-refractivity contribution is 9.10. The Balaban J connectivity index is 1.71. The molecule has 0 unspecified atom stereocenters. The molecule has 0 atom stereocenters. The van der Waals surface area contributed by atoms with Crippen LogP contribution in [0.2, 0.25) is 0 Å². The van der Waals surface area contributed by atoms with Gasteiger partial charge in [0.2, 0.25) is 0 Å². The first kappa shape index (κ1) is 15.5. The number of aromatic nitrogens is 2. The summed E-state index contributed by atoms with van der Waals surface area (Å²) in [7, 11) is 0. The van der Waals surface area contributed by atoms with Gasteiger partial charge >= 0.3 is 0 Å². The third-order valence-electron chi connectivity index (χ3n) is 5.25. The molecule has 1 aliphatic carbocycles. The van der Waals surface area contributed by atoms with Crippen LogP contribution in [0.25, 0.3) is 21.9 Å². The average molecular weight is 412 g/mol. The van der Waals surface area contributed by atoms with Crippen LogP contribution in [0.3, 0.4) is 0 Å². The molecule has 0 saturated carbocycles. The molecule has 2 aliphatic rings. The molecule has 3 nitrogen and oxygen atoms in total. The molecule has 3 heterocycles. The zero-order valence-electron chi connectivity index (χ0n) is 13.8. The quantitative estimate of drug-likeness (QED) is 0.589. The van der Waals surface area contributed by atoms with Crippen LogP contribution in [0, 0.1) is 5.41 Å². The normalized spacial score (nSPS) is 17.9. The highest BCUT2D eigenvalue weighted by atomic mass is 79.9. The van der Waals surface area contributed by atoms with Crippen molar-refractivity contribution in [2.24, 2.45) is 0 Å². The van der Waals surface area contributed by atoms with E-state index in [4.69, 9.17) is 10.4 Å². The Labute approximate surface area is 158 Å². The Morgan fingerprint density at radius 3 is 2.88 bits per heavy atom. The summed E-state index contributed by atoms with van der Waals surface area (Å²) >= 11 is 5.44. The van der Waals surface area contributed by atoms with E-state index in [9.17, 15) is 0 Å². The minimum atomic E-state index is 0.662. The number of benzene rings is 1. The lowest BCUT2D eigenvalue weighted by Crippen LogP contribution is -2.21. The first-order chi connectivity index (χ1) is 12.2. The molecular weight excluding hydrogens is 394 g/mol. The van der Waals surface area contributed by atoms with Gasteiger partial charge in [0.15, 0.2) is 0 Å². The van der Waals surface area contributed by atoms with Crippen LogP contribution in [-0.4, -0.2) is 9.55 Å². The molecule has 25 heavy (non-hydrogen) atoms. The summed E-state index contributed by atoms with van der Waals surface area (Å²) in [4.78, 5) is 7.53. The highest BCUT2D eigenvalue weighted by Gasteiger charge is 2.24. The third kappa shape index (κ3) is 2.44. The fraction of sp³-hybridized carbons (Fsp3) is 0.300. The maximum absolute atomic E-state index is 8.78. The summed E-state index contributed by atoms with van der Waals surface area (Å²) in [5, 5.41) is 9.90. The lowest BCUT2D eigenvalue weighted by molar-refractivity contribution is 0.688. The van der Waals surface area contributed by atoms with Gasteiger partial charge in [0.05, 0.1) is 5.39 Å². The van der Waals surface area contributed by atoms with Gasteiger partial charge < -0.3 is 4.57 Å². The largest absolute Gasteiger partial charge is 0.310 e. The summed E-state index contributed by atoms with van der Waals surface area (Å²) in [6.07, 6.45) is 7.95. The number of thiophene rings is 1. The van der Waals surface area contributed by atoms with E-state index in [1.807, 2.05) is 17.4 Å². The minimum Gasteiger partial charge on any atom is -0.310 e. The molecule has 0 spiro atoms. The molecule has 0 fully saturated rings. The van der Waals surface area contributed by atoms with E-state index >= 15 is 0 Å². The van der Waals surface area contributed by atoms with E-state index < -0.39 is 0 Å². The summed E-state index contributed by atoms with van der Waals surface area (Å²) < 4.78 is 3.20. The molecule has 5 rings (SSSR count). The number of hydrogen-bond donors (Lipinski definition) is 1. The first-order valence-corrected chi connectivity index (χ1v) is 10.4. The van der Waals surface area contributed by atoms with Gasteiger partial charge in [0.25, 0.3) is 0 Å². The van der Waals surface area contributed by atoms with Crippen LogP contribution in [0.1, 0.15) is 41.1 Å². The third-order valence-corrected chi connectivity index (χ3v) is 7.16. The summed E-state index contributed by atoms with van der Waals surface area (Å²) in [5.74, 6) is 0.979. The molecular formula is C20H18BrN3S. The molecule has 1 N–H and O–H groups in total. The van der Waals surface area contributed by atoms with E-state index in [1.165, 1.54) is 34.4 Å². The summed E-state index contributed by atoms with van der Waals surface area (Å²) in [6, 6.07) is 8.27. The Bertz CT molecular complexity index is 1090. The predicted molar refractivity (Wildman–Crippen MR) is 107 cm³/mol. The zero-order valence-corrected chi connectivity index (χ0v) is 16.2. The monoisotopic (exact) mass is 411 g/mol. The minimum absolute atomic E-state index is 0.662. The number of hydrogen-bond acceptors (Lipinski definition) is 3. The van der Waals surface area contributed by atoms with Crippen molar-refractivity contribution in [2.45, 2.75) is 38.6 Å². The molecule has 0 radical (unpaired) electrons. The van der Waals surface area contributed by atoms with Gasteiger partial charge in [-0.25, -0.2) is 4.98 Å². The predicted octanol–water partition coefficient (Wildman–Crippen LogP) is 5.16. The maximum Gasteiger partial charge on any atom is 0.139 e. The lowest BCUT2D eigenvalue weighted by atomic mass is 9.97. The highest BCUT2D eigenvalue weighted by Crippen LogP contribution is 2.36. The van der Waals surface area contributed by atoms with Crippen molar-refractivity contribution >= 4 is 49.1 Å². The van der Waals surface area contributed by atoms with Crippen LogP contribution in [0.4, 0.5) is 0 Å². The SMILES string of the molecule is N=c1c2c3c(sc2nc2n1CC/C2=C\c1ccccc1Br)CCCC3.